The summed E-state index contributed by atoms with van der Waals surface area (Å²) in [5.41, 5.74) is 2.31. The highest BCUT2D eigenvalue weighted by Crippen LogP contribution is 2.29. The molecule has 0 saturated heterocycles. The zero-order valence-corrected chi connectivity index (χ0v) is 8.13. The van der Waals surface area contributed by atoms with Crippen LogP contribution in [0.25, 0.3) is 0 Å². The first-order valence-electron chi connectivity index (χ1n) is 4.90. The molecule has 0 aliphatic carbocycles. The van der Waals surface area contributed by atoms with Crippen LogP contribution in [0.2, 0.25) is 0 Å². The Morgan fingerprint density at radius 2 is 2.07 bits per heavy atom. The fourth-order valence-corrected chi connectivity index (χ4v) is 1.99. The quantitative estimate of drug-likeness (QED) is 0.471. The number of hydroxylamine groups is 1. The van der Waals surface area contributed by atoms with Crippen molar-refractivity contribution >= 4 is 11.5 Å². The molecule has 2 aliphatic heterocycles. The number of anilines is 1. The molecule has 0 amide bonds. The Balaban J connectivity index is 2.19. The summed E-state index contributed by atoms with van der Waals surface area (Å²) in [5, 5.41) is 11.7. The molecule has 3 heteroatoms. The van der Waals surface area contributed by atoms with Gasteiger partial charge < -0.3 is 5.21 Å². The van der Waals surface area contributed by atoms with Crippen LogP contribution in [0.3, 0.4) is 0 Å². The second kappa shape index (κ2) is 2.98. The van der Waals surface area contributed by atoms with Crippen molar-refractivity contribution in [2.75, 3.05) is 4.90 Å². The van der Waals surface area contributed by atoms with Gasteiger partial charge in [-0.2, -0.15) is 0 Å². The van der Waals surface area contributed by atoms with Gasteiger partial charge in [0.15, 0.2) is 0 Å². The average molecular weight is 198 g/mol. The van der Waals surface area contributed by atoms with Crippen LogP contribution in [0, 0.1) is 5.21 Å². The summed E-state index contributed by atoms with van der Waals surface area (Å²) in [4.78, 5) is 1.95. The molecule has 3 nitrogen and oxygen atoms in total. The van der Waals surface area contributed by atoms with E-state index in [4.69, 9.17) is 0 Å². The van der Waals surface area contributed by atoms with E-state index in [0.29, 0.717) is 6.42 Å². The third-order valence-corrected chi connectivity index (χ3v) is 2.70. The zero-order valence-electron chi connectivity index (χ0n) is 8.13. The van der Waals surface area contributed by atoms with Gasteiger partial charge >= 0.3 is 0 Å². The van der Waals surface area contributed by atoms with Gasteiger partial charge in [0, 0.05) is 5.56 Å². The van der Waals surface area contributed by atoms with Gasteiger partial charge in [0.25, 0.3) is 5.84 Å². The van der Waals surface area contributed by atoms with Gasteiger partial charge in [-0.25, -0.2) is 9.64 Å². The molecule has 2 heterocycles. The number of hydrogen-bond donors (Lipinski definition) is 0. The van der Waals surface area contributed by atoms with E-state index in [1.54, 1.807) is 6.08 Å². The number of allylic oxidation sites excluding steroid dienone is 2. The van der Waals surface area contributed by atoms with Crippen molar-refractivity contribution in [3.05, 3.63) is 59.6 Å². The molecule has 15 heavy (non-hydrogen) atoms. The van der Waals surface area contributed by atoms with Gasteiger partial charge in [0.05, 0.1) is 18.8 Å². The second-order valence-electron chi connectivity index (χ2n) is 3.60. The molecule has 1 aromatic carbocycles. The van der Waals surface area contributed by atoms with Crippen LogP contribution < -0.4 is 4.90 Å². The number of hydrogen-bond acceptors (Lipinski definition) is 2. The van der Waals surface area contributed by atoms with E-state index >= 15 is 0 Å². The van der Waals surface area contributed by atoms with Gasteiger partial charge in [-0.1, -0.05) is 18.2 Å². The van der Waals surface area contributed by atoms with Crippen LogP contribution in [-0.4, -0.2) is 10.6 Å². The van der Waals surface area contributed by atoms with Crippen molar-refractivity contribution in [1.82, 2.24) is 0 Å². The van der Waals surface area contributed by atoms with Crippen LogP contribution in [-0.2, 0) is 6.42 Å². The Kier molecular flexibility index (Phi) is 1.65. The minimum absolute atomic E-state index is 0.703. The smallest absolute Gasteiger partial charge is 0.269 e. The molecule has 0 bridgehead atoms. The minimum Gasteiger partial charge on any atom is -0.711 e. The van der Waals surface area contributed by atoms with Crippen LogP contribution in [0.4, 0.5) is 5.69 Å². The highest BCUT2D eigenvalue weighted by molar-refractivity contribution is 6.03. The van der Waals surface area contributed by atoms with Crippen molar-refractivity contribution in [2.24, 2.45) is 0 Å². The Labute approximate surface area is 87.8 Å². The molecule has 0 atom stereocenters. The van der Waals surface area contributed by atoms with Crippen molar-refractivity contribution in [1.29, 1.82) is 0 Å². The number of rotatable bonds is 0. The molecular formula is C12H10N2O. The van der Waals surface area contributed by atoms with E-state index in [1.165, 1.54) is 11.8 Å². The lowest BCUT2D eigenvalue weighted by atomic mass is 10.2. The maximum absolute atomic E-state index is 11.7. The molecule has 0 fully saturated rings. The molecule has 0 radical (unpaired) electrons. The Bertz CT molecular complexity index is 500. The summed E-state index contributed by atoms with van der Waals surface area (Å²) >= 11 is 0. The second-order valence-corrected chi connectivity index (χ2v) is 3.60. The summed E-state index contributed by atoms with van der Waals surface area (Å²) in [6.07, 6.45) is 7.79. The Morgan fingerprint density at radius 3 is 3.00 bits per heavy atom. The van der Waals surface area contributed by atoms with Crippen LogP contribution in [0.1, 0.15) is 5.56 Å². The number of para-hydroxylation sites is 1. The lowest BCUT2D eigenvalue weighted by molar-refractivity contribution is -0.380. The molecule has 1 aromatic rings. The normalized spacial score (nSPS) is 17.7. The minimum atomic E-state index is 0.703. The summed E-state index contributed by atoms with van der Waals surface area (Å²) in [6, 6.07) is 8.08. The number of nitrogens with zero attached hydrogens (tertiary/aromatic N) is 2. The van der Waals surface area contributed by atoms with Crippen molar-refractivity contribution in [3.8, 4) is 0 Å². The molecular weight excluding hydrogens is 188 g/mol. The molecule has 2 aliphatic rings. The largest absolute Gasteiger partial charge is 0.711 e. The molecule has 74 valence electrons. The Hall–Kier alpha value is -2.03. The van der Waals surface area contributed by atoms with E-state index in [2.05, 4.69) is 6.07 Å². The number of benzene rings is 1. The highest BCUT2D eigenvalue weighted by atomic mass is 16.5. The monoisotopic (exact) mass is 198 g/mol. The fraction of sp³-hybridized carbons (Fsp3) is 0.0833. The van der Waals surface area contributed by atoms with Crippen LogP contribution in [0.5, 0.6) is 0 Å². The van der Waals surface area contributed by atoms with E-state index in [-0.39, 0.29) is 0 Å². The third-order valence-electron chi connectivity index (χ3n) is 2.70. The molecule has 0 spiro atoms. The van der Waals surface area contributed by atoms with E-state index in [9.17, 15) is 5.21 Å². The maximum Gasteiger partial charge on any atom is 0.269 e. The first-order valence-corrected chi connectivity index (χ1v) is 4.90. The Morgan fingerprint density at radius 1 is 1.20 bits per heavy atom. The molecule has 0 saturated carbocycles. The molecule has 0 aromatic heterocycles. The highest BCUT2D eigenvalue weighted by Gasteiger charge is 2.31. The molecule has 0 N–H and O–H groups in total. The predicted molar refractivity (Wildman–Crippen MR) is 59.5 cm³/mol. The van der Waals surface area contributed by atoms with Gasteiger partial charge in [0.1, 0.15) is 5.69 Å². The van der Waals surface area contributed by atoms with Crippen LogP contribution >= 0.6 is 0 Å². The first-order chi connectivity index (χ1) is 7.36. The van der Waals surface area contributed by atoms with Gasteiger partial charge in [-0.15, -0.1) is 0 Å². The average Bonchev–Trinajstić information content (AvgIpc) is 2.54. The van der Waals surface area contributed by atoms with E-state index < -0.39 is 0 Å². The third kappa shape index (κ3) is 1.16. The molecule has 0 unspecified atom stereocenters. The van der Waals surface area contributed by atoms with Crippen molar-refractivity contribution < 1.29 is 4.74 Å². The van der Waals surface area contributed by atoms with Crippen molar-refractivity contribution in [3.63, 3.8) is 0 Å². The zero-order chi connectivity index (χ0) is 10.3. The van der Waals surface area contributed by atoms with E-state index in [1.807, 2.05) is 35.4 Å². The predicted octanol–water partition coefficient (Wildman–Crippen LogP) is 2.00. The summed E-state index contributed by atoms with van der Waals surface area (Å²) in [5.74, 6) is 0.765. The van der Waals surface area contributed by atoms with Gasteiger partial charge in [0.2, 0.25) is 0 Å². The summed E-state index contributed by atoms with van der Waals surface area (Å²) < 4.78 is 0.931. The van der Waals surface area contributed by atoms with E-state index in [0.717, 1.165) is 16.3 Å². The van der Waals surface area contributed by atoms with Gasteiger partial charge in [-0.05, 0) is 18.2 Å². The first kappa shape index (κ1) is 8.29. The topological polar surface area (TPSA) is 29.3 Å². The maximum atomic E-state index is 11.7. The summed E-state index contributed by atoms with van der Waals surface area (Å²) in [6.45, 7) is 0. The van der Waals surface area contributed by atoms with Crippen LogP contribution in [0.15, 0.2) is 48.8 Å². The summed E-state index contributed by atoms with van der Waals surface area (Å²) in [7, 11) is 0. The van der Waals surface area contributed by atoms with Crippen molar-refractivity contribution in [2.45, 2.75) is 6.42 Å². The number of fused-ring (bicyclic) bond motifs is 3. The standard InChI is InChI=1S/C12H10N2O/c15-14-8-4-3-7-13-11-6-2-1-5-10(11)9-12(13)14/h1-8H,9H2. The fourth-order valence-electron chi connectivity index (χ4n) is 1.99. The van der Waals surface area contributed by atoms with Gasteiger partial charge in [-0.3, -0.25) is 0 Å². The number of amidine groups is 1. The lowest BCUT2D eigenvalue weighted by Gasteiger charge is -2.10. The SMILES string of the molecule is [O-][N+]1=C2Cc3ccccc3N2C=CC=C1. The lowest BCUT2D eigenvalue weighted by Crippen LogP contribution is -2.26. The molecule has 3 rings (SSSR count).